The summed E-state index contributed by atoms with van der Waals surface area (Å²) in [5.41, 5.74) is 3.01. The minimum atomic E-state index is -0.241. The van der Waals surface area contributed by atoms with Crippen LogP contribution in [0.15, 0.2) is 47.8 Å². The van der Waals surface area contributed by atoms with Gasteiger partial charge in [0.2, 0.25) is 0 Å². The SMILES string of the molecule is COc1ccc(-c2csc(NC(=O)COc3ccc(C4CCCCC4)cc3)n2)cc1OC. The molecule has 0 atom stereocenters. The van der Waals surface area contributed by atoms with E-state index in [1.165, 1.54) is 49.0 Å². The van der Waals surface area contributed by atoms with Gasteiger partial charge in [0, 0.05) is 10.9 Å². The zero-order chi connectivity index (χ0) is 22.3. The Hall–Kier alpha value is -3.06. The maximum absolute atomic E-state index is 12.3. The van der Waals surface area contributed by atoms with Crippen molar-refractivity contribution in [3.05, 3.63) is 53.4 Å². The Morgan fingerprint density at radius 2 is 1.78 bits per heavy atom. The van der Waals surface area contributed by atoms with Crippen molar-refractivity contribution < 1.29 is 19.0 Å². The molecule has 168 valence electrons. The van der Waals surface area contributed by atoms with Gasteiger partial charge in [0.1, 0.15) is 5.75 Å². The summed E-state index contributed by atoms with van der Waals surface area (Å²) in [5, 5.41) is 5.22. The number of carbonyl (C=O) groups is 1. The van der Waals surface area contributed by atoms with E-state index in [1.54, 1.807) is 14.2 Å². The zero-order valence-electron chi connectivity index (χ0n) is 18.4. The molecule has 6 nitrogen and oxygen atoms in total. The fourth-order valence-corrected chi connectivity index (χ4v) is 4.77. The van der Waals surface area contributed by atoms with Gasteiger partial charge < -0.3 is 14.2 Å². The fourth-order valence-electron chi connectivity index (χ4n) is 4.04. The Balaban J connectivity index is 1.31. The van der Waals surface area contributed by atoms with Gasteiger partial charge in [-0.2, -0.15) is 0 Å². The third kappa shape index (κ3) is 5.40. The summed E-state index contributed by atoms with van der Waals surface area (Å²) in [6.07, 6.45) is 6.51. The van der Waals surface area contributed by atoms with Gasteiger partial charge >= 0.3 is 0 Å². The van der Waals surface area contributed by atoms with Crippen molar-refractivity contribution in [2.24, 2.45) is 0 Å². The first-order valence-corrected chi connectivity index (χ1v) is 11.7. The second kappa shape index (κ2) is 10.5. The number of benzene rings is 2. The molecule has 3 aromatic rings. The number of nitrogens with one attached hydrogen (secondary N) is 1. The standard InChI is InChI=1S/C25H28N2O4S/c1-29-22-13-10-19(14-23(22)30-2)21-16-32-25(26-21)27-24(28)15-31-20-11-8-18(9-12-20)17-6-4-3-5-7-17/h8-14,16-17H,3-7,15H2,1-2H3,(H,26,27,28). The first kappa shape index (κ1) is 22.1. The van der Waals surface area contributed by atoms with Crippen LogP contribution in [-0.4, -0.2) is 31.7 Å². The number of nitrogens with zero attached hydrogens (tertiary/aromatic N) is 1. The molecule has 1 N–H and O–H groups in total. The molecule has 0 bridgehead atoms. The number of aromatic nitrogens is 1. The lowest BCUT2D eigenvalue weighted by Gasteiger charge is -2.22. The molecule has 7 heteroatoms. The van der Waals surface area contributed by atoms with Gasteiger partial charge in [-0.05, 0) is 54.7 Å². The Labute approximate surface area is 192 Å². The van der Waals surface area contributed by atoms with E-state index in [4.69, 9.17) is 14.2 Å². The van der Waals surface area contributed by atoms with Crippen LogP contribution in [0.4, 0.5) is 5.13 Å². The summed E-state index contributed by atoms with van der Waals surface area (Å²) in [6, 6.07) is 13.8. The van der Waals surface area contributed by atoms with E-state index in [0.29, 0.717) is 28.3 Å². The molecule has 0 saturated heterocycles. The van der Waals surface area contributed by atoms with Gasteiger partial charge in [-0.25, -0.2) is 4.98 Å². The normalized spacial score (nSPS) is 14.1. The summed E-state index contributed by atoms with van der Waals surface area (Å²) in [5.74, 6) is 2.40. The predicted molar refractivity (Wildman–Crippen MR) is 127 cm³/mol. The summed E-state index contributed by atoms with van der Waals surface area (Å²) >= 11 is 1.36. The van der Waals surface area contributed by atoms with E-state index < -0.39 is 0 Å². The average molecular weight is 453 g/mol. The van der Waals surface area contributed by atoms with Crippen molar-refractivity contribution in [1.29, 1.82) is 0 Å². The lowest BCUT2D eigenvalue weighted by Crippen LogP contribution is -2.20. The Morgan fingerprint density at radius 3 is 2.50 bits per heavy atom. The van der Waals surface area contributed by atoms with Crippen LogP contribution in [0.5, 0.6) is 17.2 Å². The quantitative estimate of drug-likeness (QED) is 0.461. The highest BCUT2D eigenvalue weighted by Crippen LogP contribution is 2.34. The molecule has 1 aliphatic rings. The molecule has 2 aromatic carbocycles. The molecule has 1 amide bonds. The van der Waals surface area contributed by atoms with E-state index in [2.05, 4.69) is 22.4 Å². The molecule has 1 heterocycles. The van der Waals surface area contributed by atoms with Crippen molar-refractivity contribution in [1.82, 2.24) is 4.98 Å². The van der Waals surface area contributed by atoms with Gasteiger partial charge in [0.05, 0.1) is 19.9 Å². The largest absolute Gasteiger partial charge is 0.493 e. The van der Waals surface area contributed by atoms with Crippen molar-refractivity contribution in [3.63, 3.8) is 0 Å². The summed E-state index contributed by atoms with van der Waals surface area (Å²) in [4.78, 5) is 16.8. The van der Waals surface area contributed by atoms with Crippen molar-refractivity contribution in [3.8, 4) is 28.5 Å². The molecule has 1 aliphatic carbocycles. The Bertz CT molecular complexity index is 1040. The molecular weight excluding hydrogens is 424 g/mol. The number of thiazole rings is 1. The van der Waals surface area contributed by atoms with E-state index in [0.717, 1.165) is 11.3 Å². The van der Waals surface area contributed by atoms with Crippen LogP contribution in [-0.2, 0) is 4.79 Å². The second-order valence-electron chi connectivity index (χ2n) is 7.85. The van der Waals surface area contributed by atoms with Crippen LogP contribution in [0.3, 0.4) is 0 Å². The number of rotatable bonds is 8. The van der Waals surface area contributed by atoms with E-state index in [-0.39, 0.29) is 12.5 Å². The van der Waals surface area contributed by atoms with Gasteiger partial charge in [0.25, 0.3) is 5.91 Å². The van der Waals surface area contributed by atoms with Crippen LogP contribution >= 0.6 is 11.3 Å². The molecule has 1 aromatic heterocycles. The molecule has 0 spiro atoms. The summed E-state index contributed by atoms with van der Waals surface area (Å²) < 4.78 is 16.3. The highest BCUT2D eigenvalue weighted by atomic mass is 32.1. The molecule has 0 aliphatic heterocycles. The molecule has 1 fully saturated rings. The smallest absolute Gasteiger partial charge is 0.264 e. The predicted octanol–water partition coefficient (Wildman–Crippen LogP) is 5.89. The minimum Gasteiger partial charge on any atom is -0.493 e. The number of hydrogen-bond acceptors (Lipinski definition) is 6. The maximum atomic E-state index is 12.3. The van der Waals surface area contributed by atoms with Crippen molar-refractivity contribution in [2.45, 2.75) is 38.0 Å². The Kier molecular flexibility index (Phi) is 7.27. The summed E-state index contributed by atoms with van der Waals surface area (Å²) in [7, 11) is 3.19. The van der Waals surface area contributed by atoms with Crippen LogP contribution in [0.1, 0.15) is 43.6 Å². The van der Waals surface area contributed by atoms with E-state index >= 15 is 0 Å². The van der Waals surface area contributed by atoms with Gasteiger partial charge in [-0.15, -0.1) is 11.3 Å². The number of hydrogen-bond donors (Lipinski definition) is 1. The van der Waals surface area contributed by atoms with Crippen molar-refractivity contribution in [2.75, 3.05) is 26.1 Å². The molecule has 4 rings (SSSR count). The van der Waals surface area contributed by atoms with Gasteiger partial charge in [-0.3, -0.25) is 10.1 Å². The fraction of sp³-hybridized carbons (Fsp3) is 0.360. The molecule has 0 radical (unpaired) electrons. The highest BCUT2D eigenvalue weighted by Gasteiger charge is 2.15. The maximum Gasteiger partial charge on any atom is 0.264 e. The van der Waals surface area contributed by atoms with Crippen molar-refractivity contribution >= 4 is 22.4 Å². The number of ether oxygens (including phenoxy) is 3. The molecular formula is C25H28N2O4S. The first-order chi connectivity index (χ1) is 15.7. The van der Waals surface area contributed by atoms with Gasteiger partial charge in [0.15, 0.2) is 23.2 Å². The minimum absolute atomic E-state index is 0.0615. The van der Waals surface area contributed by atoms with Gasteiger partial charge in [-0.1, -0.05) is 31.4 Å². The topological polar surface area (TPSA) is 69.7 Å². The zero-order valence-corrected chi connectivity index (χ0v) is 19.2. The van der Waals surface area contributed by atoms with Crippen LogP contribution in [0.2, 0.25) is 0 Å². The monoisotopic (exact) mass is 452 g/mol. The lowest BCUT2D eigenvalue weighted by molar-refractivity contribution is -0.118. The average Bonchev–Trinajstić information content (AvgIpc) is 3.31. The third-order valence-electron chi connectivity index (χ3n) is 5.76. The van der Waals surface area contributed by atoms with E-state index in [9.17, 15) is 4.79 Å². The summed E-state index contributed by atoms with van der Waals surface area (Å²) in [6.45, 7) is -0.0615. The lowest BCUT2D eigenvalue weighted by atomic mass is 9.84. The third-order valence-corrected chi connectivity index (χ3v) is 6.51. The Morgan fingerprint density at radius 1 is 1.03 bits per heavy atom. The van der Waals surface area contributed by atoms with Crippen LogP contribution in [0.25, 0.3) is 11.3 Å². The first-order valence-electron chi connectivity index (χ1n) is 10.9. The van der Waals surface area contributed by atoms with Crippen LogP contribution < -0.4 is 19.5 Å². The van der Waals surface area contributed by atoms with Crippen LogP contribution in [0, 0.1) is 0 Å². The molecule has 1 saturated carbocycles. The number of amides is 1. The highest BCUT2D eigenvalue weighted by molar-refractivity contribution is 7.14. The molecule has 0 unspecified atom stereocenters. The number of methoxy groups -OCH3 is 2. The van der Waals surface area contributed by atoms with E-state index in [1.807, 2.05) is 35.7 Å². The molecule has 32 heavy (non-hydrogen) atoms. The number of carbonyl (C=O) groups excluding carboxylic acids is 1. The second-order valence-corrected chi connectivity index (χ2v) is 8.71. The number of anilines is 1.